The highest BCUT2D eigenvalue weighted by Crippen LogP contribution is 2.22. The summed E-state index contributed by atoms with van der Waals surface area (Å²) in [7, 11) is -1.67. The number of halogens is 1. The Labute approximate surface area is 112 Å². The van der Waals surface area contributed by atoms with Crippen molar-refractivity contribution in [3.05, 3.63) is 24.3 Å². The van der Waals surface area contributed by atoms with Gasteiger partial charge in [0.2, 0.25) is 0 Å². The monoisotopic (exact) mass is 291 g/mol. The molecular weight excluding hydrogens is 273 g/mol. The molecule has 0 spiro atoms. The van der Waals surface area contributed by atoms with Crippen molar-refractivity contribution in [1.29, 1.82) is 0 Å². The van der Waals surface area contributed by atoms with Crippen molar-refractivity contribution >= 4 is 10.2 Å². The number of hydrogen-bond acceptors (Lipinski definition) is 5. The third kappa shape index (κ3) is 4.77. The van der Waals surface area contributed by atoms with Gasteiger partial charge in [-0.05, 0) is 25.6 Å². The van der Waals surface area contributed by atoms with Crippen molar-refractivity contribution in [2.24, 2.45) is 0 Å². The van der Waals surface area contributed by atoms with Gasteiger partial charge in [0.15, 0.2) is 0 Å². The van der Waals surface area contributed by atoms with Crippen molar-refractivity contribution in [2.45, 2.75) is 17.4 Å². The molecule has 19 heavy (non-hydrogen) atoms. The van der Waals surface area contributed by atoms with Gasteiger partial charge in [-0.15, -0.1) is 3.89 Å². The molecule has 1 saturated heterocycles. The minimum absolute atomic E-state index is 0.0394. The van der Waals surface area contributed by atoms with E-state index in [1.54, 1.807) is 6.07 Å². The zero-order valence-corrected chi connectivity index (χ0v) is 11.7. The predicted octanol–water partition coefficient (Wildman–Crippen LogP) is 1.04. The Kier molecular flexibility index (Phi) is 5.71. The summed E-state index contributed by atoms with van der Waals surface area (Å²) in [5.74, 6) is 0.393. The Hall–Kier alpha value is -1.18. The van der Waals surface area contributed by atoms with Crippen LogP contribution in [0.1, 0.15) is 6.42 Å². The predicted molar refractivity (Wildman–Crippen MR) is 69.4 cm³/mol. The molecule has 108 valence electrons. The third-order valence-corrected chi connectivity index (χ3v) is 3.55. The quantitative estimate of drug-likeness (QED) is 0.843. The molecule has 0 radical (unpaired) electrons. The van der Waals surface area contributed by atoms with E-state index < -0.39 is 10.2 Å². The van der Waals surface area contributed by atoms with E-state index in [-0.39, 0.29) is 11.0 Å². The van der Waals surface area contributed by atoms with E-state index in [1.165, 1.54) is 18.2 Å². The van der Waals surface area contributed by atoms with Crippen molar-refractivity contribution in [1.82, 2.24) is 4.90 Å². The molecule has 2 rings (SSSR count). The molecule has 1 unspecified atom stereocenters. The van der Waals surface area contributed by atoms with Gasteiger partial charge in [-0.1, -0.05) is 6.07 Å². The van der Waals surface area contributed by atoms with E-state index in [1.807, 2.05) is 7.05 Å². The fourth-order valence-corrected chi connectivity index (χ4v) is 2.38. The van der Waals surface area contributed by atoms with Gasteiger partial charge in [0.05, 0.1) is 0 Å². The largest absolute Gasteiger partial charge is 0.489 e. The second-order valence-electron chi connectivity index (χ2n) is 4.20. The standard InChI is InChI=1S/C11H14FNO3S.CH4O/c1-13-6-5-10(8-13)16-9-3-2-4-11(7-9)17(12,14)15;1-2/h2-4,7,10H,5-6,8H2,1H3;2H,1H3. The van der Waals surface area contributed by atoms with Crippen LogP contribution in [0, 0.1) is 0 Å². The molecule has 0 saturated carbocycles. The van der Waals surface area contributed by atoms with Crippen LogP contribution in [0.2, 0.25) is 0 Å². The molecule has 1 heterocycles. The van der Waals surface area contributed by atoms with Crippen LogP contribution in [0.3, 0.4) is 0 Å². The normalized spacial score (nSPS) is 19.7. The van der Waals surface area contributed by atoms with Gasteiger partial charge >= 0.3 is 10.2 Å². The smallest absolute Gasteiger partial charge is 0.332 e. The number of rotatable bonds is 3. The summed E-state index contributed by atoms with van der Waals surface area (Å²) in [6.07, 6.45) is 0.931. The molecule has 1 aliphatic heterocycles. The lowest BCUT2D eigenvalue weighted by Crippen LogP contribution is -2.21. The van der Waals surface area contributed by atoms with Gasteiger partial charge in [0, 0.05) is 26.3 Å². The summed E-state index contributed by atoms with van der Waals surface area (Å²) < 4.78 is 39.9. The zero-order chi connectivity index (χ0) is 14.5. The second kappa shape index (κ2) is 6.83. The molecule has 0 aliphatic carbocycles. The topological polar surface area (TPSA) is 66.8 Å². The molecular formula is C12H18FNO4S. The highest BCUT2D eigenvalue weighted by Gasteiger charge is 2.21. The third-order valence-electron chi connectivity index (χ3n) is 2.74. The molecule has 0 amide bonds. The number of nitrogens with zero attached hydrogens (tertiary/aromatic N) is 1. The SMILES string of the molecule is CN1CCC(Oc2cccc(S(=O)(=O)F)c2)C1.CO. The summed E-state index contributed by atoms with van der Waals surface area (Å²) in [6.45, 7) is 1.75. The molecule has 1 atom stereocenters. The first-order valence-corrected chi connectivity index (χ1v) is 7.18. The average Bonchev–Trinajstić information content (AvgIpc) is 2.77. The van der Waals surface area contributed by atoms with Crippen molar-refractivity contribution < 1.29 is 22.1 Å². The van der Waals surface area contributed by atoms with E-state index in [0.717, 1.165) is 26.6 Å². The summed E-state index contributed by atoms with van der Waals surface area (Å²) >= 11 is 0. The van der Waals surface area contributed by atoms with Crippen LogP contribution >= 0.6 is 0 Å². The number of likely N-dealkylation sites (tertiary alicyclic amines) is 1. The molecule has 1 aliphatic rings. The number of benzene rings is 1. The minimum Gasteiger partial charge on any atom is -0.489 e. The summed E-state index contributed by atoms with van der Waals surface area (Å²) in [5, 5.41) is 7.00. The summed E-state index contributed by atoms with van der Waals surface area (Å²) in [5.41, 5.74) is 0. The van der Waals surface area contributed by atoms with Gasteiger partial charge < -0.3 is 14.7 Å². The first kappa shape index (κ1) is 15.9. The lowest BCUT2D eigenvalue weighted by atomic mass is 10.3. The van der Waals surface area contributed by atoms with E-state index in [4.69, 9.17) is 9.84 Å². The van der Waals surface area contributed by atoms with E-state index in [2.05, 4.69) is 4.90 Å². The van der Waals surface area contributed by atoms with Gasteiger partial charge in [0.1, 0.15) is 16.7 Å². The first-order chi connectivity index (χ1) is 8.95. The highest BCUT2D eigenvalue weighted by molar-refractivity contribution is 7.86. The van der Waals surface area contributed by atoms with Crippen LogP contribution in [-0.2, 0) is 10.2 Å². The second-order valence-corrected chi connectivity index (χ2v) is 5.55. The van der Waals surface area contributed by atoms with E-state index in [0.29, 0.717) is 5.75 Å². The number of likely N-dealkylation sites (N-methyl/N-ethyl adjacent to an activating group) is 1. The molecule has 5 nitrogen and oxygen atoms in total. The lowest BCUT2D eigenvalue weighted by molar-refractivity contribution is 0.207. The maximum Gasteiger partial charge on any atom is 0.332 e. The van der Waals surface area contributed by atoms with Crippen LogP contribution in [-0.4, -0.2) is 51.8 Å². The Bertz CT molecular complexity index is 506. The van der Waals surface area contributed by atoms with Gasteiger partial charge in [-0.3, -0.25) is 0 Å². The Morgan fingerprint density at radius 1 is 1.42 bits per heavy atom. The fraction of sp³-hybridized carbons (Fsp3) is 0.500. The van der Waals surface area contributed by atoms with Crippen molar-refractivity contribution in [3.63, 3.8) is 0 Å². The number of hydrogen-bond donors (Lipinski definition) is 1. The van der Waals surface area contributed by atoms with Gasteiger partial charge in [-0.25, -0.2) is 0 Å². The molecule has 0 bridgehead atoms. The maximum atomic E-state index is 12.8. The average molecular weight is 291 g/mol. The Balaban J connectivity index is 0.000000861. The first-order valence-electron chi connectivity index (χ1n) is 5.80. The molecule has 1 N–H and O–H groups in total. The van der Waals surface area contributed by atoms with Crippen LogP contribution < -0.4 is 4.74 Å². The Morgan fingerprint density at radius 3 is 2.63 bits per heavy atom. The number of aliphatic hydroxyl groups is 1. The van der Waals surface area contributed by atoms with Gasteiger partial charge in [-0.2, -0.15) is 8.42 Å². The molecule has 1 fully saturated rings. The lowest BCUT2D eigenvalue weighted by Gasteiger charge is -2.13. The molecule has 7 heteroatoms. The maximum absolute atomic E-state index is 12.8. The van der Waals surface area contributed by atoms with Crippen molar-refractivity contribution in [2.75, 3.05) is 27.2 Å². The molecule has 0 aromatic heterocycles. The fourth-order valence-electron chi connectivity index (χ4n) is 1.88. The number of ether oxygens (including phenoxy) is 1. The van der Waals surface area contributed by atoms with E-state index in [9.17, 15) is 12.3 Å². The van der Waals surface area contributed by atoms with E-state index >= 15 is 0 Å². The number of aliphatic hydroxyl groups excluding tert-OH is 1. The highest BCUT2D eigenvalue weighted by atomic mass is 32.3. The zero-order valence-electron chi connectivity index (χ0n) is 10.9. The van der Waals surface area contributed by atoms with Crippen LogP contribution in [0.4, 0.5) is 3.89 Å². The van der Waals surface area contributed by atoms with Crippen LogP contribution in [0.15, 0.2) is 29.2 Å². The minimum atomic E-state index is -4.66. The molecule has 1 aromatic rings. The van der Waals surface area contributed by atoms with Gasteiger partial charge in [0.25, 0.3) is 0 Å². The molecule has 1 aromatic carbocycles. The van der Waals surface area contributed by atoms with Crippen LogP contribution in [0.5, 0.6) is 5.75 Å². The summed E-state index contributed by atoms with van der Waals surface area (Å²) in [6, 6.07) is 5.53. The van der Waals surface area contributed by atoms with Crippen LogP contribution in [0.25, 0.3) is 0 Å². The van der Waals surface area contributed by atoms with Crippen molar-refractivity contribution in [3.8, 4) is 5.75 Å². The summed E-state index contributed by atoms with van der Waals surface area (Å²) in [4.78, 5) is 1.77. The Morgan fingerprint density at radius 2 is 2.11 bits per heavy atom.